The fourth-order valence-corrected chi connectivity index (χ4v) is 3.58. The summed E-state index contributed by atoms with van der Waals surface area (Å²) in [5, 5.41) is 6.61. The van der Waals surface area contributed by atoms with E-state index in [1.54, 1.807) is 0 Å². The van der Waals surface area contributed by atoms with Crippen LogP contribution in [0.5, 0.6) is 0 Å². The Hall–Kier alpha value is -3.11. The van der Waals surface area contributed by atoms with E-state index in [4.69, 9.17) is 0 Å². The maximum atomic E-state index is 13.7. The van der Waals surface area contributed by atoms with Crippen molar-refractivity contribution in [3.05, 3.63) is 35.8 Å². The minimum atomic E-state index is -4.67. The van der Waals surface area contributed by atoms with Gasteiger partial charge in [0.25, 0.3) is 0 Å². The van der Waals surface area contributed by atoms with Gasteiger partial charge in [-0.15, -0.1) is 0 Å². The number of rotatable bonds is 5. The van der Waals surface area contributed by atoms with E-state index in [-0.39, 0.29) is 34.6 Å². The van der Waals surface area contributed by atoms with Crippen LogP contribution in [0, 0.1) is 0 Å². The number of hydrogen-bond acceptors (Lipinski definition) is 8. The zero-order valence-corrected chi connectivity index (χ0v) is 16.8. The van der Waals surface area contributed by atoms with Crippen LogP contribution in [0.3, 0.4) is 0 Å². The van der Waals surface area contributed by atoms with Crippen LogP contribution in [0.4, 0.5) is 19.1 Å². The van der Waals surface area contributed by atoms with Gasteiger partial charge in [0.15, 0.2) is 5.69 Å². The SMILES string of the molecule is O=POC(=O)c1ccc2c(-c3nc(NC4CCCNC4)ncc3C(F)(F)F)c[nH]c2n1. The number of nitrogens with zero attached hydrogens (tertiary/aromatic N) is 3. The van der Waals surface area contributed by atoms with E-state index >= 15 is 0 Å². The Kier molecular flexibility index (Phi) is 5.84. The predicted molar refractivity (Wildman–Crippen MR) is 105 cm³/mol. The van der Waals surface area contributed by atoms with Crippen molar-refractivity contribution in [2.45, 2.75) is 25.1 Å². The van der Waals surface area contributed by atoms with Gasteiger partial charge in [-0.05, 0) is 31.5 Å². The standard InChI is InChI=1S/C18H16F3N6O3P/c19-18(20,21)12-8-24-17(25-9-2-1-5-22-6-9)27-14(12)11-7-23-15-10(11)3-4-13(26-15)16(28)30-31-29/h3-4,7-9,22H,1-2,5-6H2,(H,23,26)(H,24,25,27). The molecule has 3 aromatic heterocycles. The van der Waals surface area contributed by atoms with E-state index in [9.17, 15) is 22.5 Å². The molecule has 0 saturated carbocycles. The van der Waals surface area contributed by atoms with Crippen LogP contribution in [0.25, 0.3) is 22.3 Å². The number of pyridine rings is 1. The molecule has 0 aromatic carbocycles. The highest BCUT2D eigenvalue weighted by atomic mass is 31.1. The van der Waals surface area contributed by atoms with Gasteiger partial charge in [0.2, 0.25) is 5.95 Å². The van der Waals surface area contributed by atoms with Gasteiger partial charge in [0, 0.05) is 35.9 Å². The number of anilines is 1. The largest absolute Gasteiger partial charge is 0.419 e. The van der Waals surface area contributed by atoms with Crippen LogP contribution in [-0.4, -0.2) is 45.0 Å². The molecule has 1 saturated heterocycles. The zero-order chi connectivity index (χ0) is 22.0. The van der Waals surface area contributed by atoms with Crippen LogP contribution < -0.4 is 10.6 Å². The Morgan fingerprint density at radius 2 is 2.13 bits per heavy atom. The third-order valence-electron chi connectivity index (χ3n) is 4.85. The van der Waals surface area contributed by atoms with Crippen LogP contribution >= 0.6 is 8.69 Å². The molecule has 4 rings (SSSR count). The molecular formula is C18H16F3N6O3P. The molecule has 0 bridgehead atoms. The molecule has 3 N–H and O–H groups in total. The molecule has 31 heavy (non-hydrogen) atoms. The molecule has 13 heteroatoms. The molecule has 1 unspecified atom stereocenters. The second kappa shape index (κ2) is 8.56. The third-order valence-corrected chi connectivity index (χ3v) is 5.09. The molecule has 1 fully saturated rings. The highest BCUT2D eigenvalue weighted by Crippen LogP contribution is 2.38. The molecule has 1 aliphatic rings. The number of H-pyrrole nitrogens is 1. The monoisotopic (exact) mass is 452 g/mol. The fraction of sp³-hybridized carbons (Fsp3) is 0.333. The molecular weight excluding hydrogens is 436 g/mol. The van der Waals surface area contributed by atoms with Gasteiger partial charge in [-0.1, -0.05) is 0 Å². The highest BCUT2D eigenvalue weighted by Gasteiger charge is 2.36. The Bertz CT molecular complexity index is 1130. The number of carbonyl (C=O) groups excluding carboxylic acids is 1. The Labute approximate surface area is 175 Å². The van der Waals surface area contributed by atoms with Crippen molar-refractivity contribution in [2.75, 3.05) is 18.4 Å². The lowest BCUT2D eigenvalue weighted by molar-refractivity contribution is -0.137. The number of halogens is 3. The van der Waals surface area contributed by atoms with Crippen molar-refractivity contribution in [2.24, 2.45) is 0 Å². The Balaban J connectivity index is 1.75. The lowest BCUT2D eigenvalue weighted by atomic mass is 10.1. The number of piperidine rings is 1. The summed E-state index contributed by atoms with van der Waals surface area (Å²) in [7, 11) is -0.829. The van der Waals surface area contributed by atoms with E-state index in [0.29, 0.717) is 11.9 Å². The summed E-state index contributed by atoms with van der Waals surface area (Å²) >= 11 is 0. The lowest BCUT2D eigenvalue weighted by Crippen LogP contribution is -2.38. The smallest absolute Gasteiger partial charge is 0.368 e. The second-order valence-electron chi connectivity index (χ2n) is 6.89. The summed E-state index contributed by atoms with van der Waals surface area (Å²) in [6, 6.07) is 2.71. The zero-order valence-electron chi connectivity index (χ0n) is 15.9. The molecule has 1 aliphatic heterocycles. The van der Waals surface area contributed by atoms with E-state index < -0.39 is 26.4 Å². The number of fused-ring (bicyclic) bond motifs is 1. The Morgan fingerprint density at radius 1 is 1.29 bits per heavy atom. The van der Waals surface area contributed by atoms with Gasteiger partial charge in [-0.25, -0.2) is 24.3 Å². The summed E-state index contributed by atoms with van der Waals surface area (Å²) in [6.07, 6.45) is -0.788. The summed E-state index contributed by atoms with van der Waals surface area (Å²) in [5.41, 5.74) is -1.13. The van der Waals surface area contributed by atoms with Crippen molar-refractivity contribution in [3.8, 4) is 11.3 Å². The first-order valence-corrected chi connectivity index (χ1v) is 10.0. The van der Waals surface area contributed by atoms with E-state index in [1.807, 2.05) is 0 Å². The molecule has 9 nitrogen and oxygen atoms in total. The molecule has 1 atom stereocenters. The van der Waals surface area contributed by atoms with E-state index in [0.717, 1.165) is 25.6 Å². The number of aromatic nitrogens is 4. The van der Waals surface area contributed by atoms with Gasteiger partial charge >= 0.3 is 20.8 Å². The Morgan fingerprint density at radius 3 is 2.84 bits per heavy atom. The van der Waals surface area contributed by atoms with Gasteiger partial charge < -0.3 is 20.1 Å². The van der Waals surface area contributed by atoms with E-state index in [1.165, 1.54) is 18.3 Å². The average molecular weight is 452 g/mol. The summed E-state index contributed by atoms with van der Waals surface area (Å²) in [6.45, 7) is 1.56. The highest BCUT2D eigenvalue weighted by molar-refractivity contribution is 7.18. The molecule has 162 valence electrons. The molecule has 0 spiro atoms. The van der Waals surface area contributed by atoms with Gasteiger partial charge in [-0.3, -0.25) is 0 Å². The second-order valence-corrected chi connectivity index (χ2v) is 7.22. The first kappa shape index (κ1) is 21.1. The number of carbonyl (C=O) groups is 1. The first-order valence-electron chi connectivity index (χ1n) is 9.31. The predicted octanol–water partition coefficient (Wildman–Crippen LogP) is 3.57. The van der Waals surface area contributed by atoms with Crippen LogP contribution in [0.1, 0.15) is 28.9 Å². The molecule has 3 aromatic rings. The molecule has 0 radical (unpaired) electrons. The molecule has 4 heterocycles. The minimum Gasteiger partial charge on any atom is -0.368 e. The van der Waals surface area contributed by atoms with Crippen LogP contribution in [-0.2, 0) is 15.3 Å². The summed E-state index contributed by atoms with van der Waals surface area (Å²) in [5.74, 6) is -0.839. The maximum Gasteiger partial charge on any atom is 0.419 e. The quantitative estimate of drug-likeness (QED) is 0.503. The average Bonchev–Trinajstić information content (AvgIpc) is 3.17. The fourth-order valence-electron chi connectivity index (χ4n) is 3.42. The topological polar surface area (TPSA) is 122 Å². The van der Waals surface area contributed by atoms with Crippen molar-refractivity contribution in [1.29, 1.82) is 0 Å². The summed E-state index contributed by atoms with van der Waals surface area (Å²) < 4.78 is 55.7. The van der Waals surface area contributed by atoms with Crippen LogP contribution in [0.2, 0.25) is 0 Å². The molecule has 0 amide bonds. The van der Waals surface area contributed by atoms with Crippen molar-refractivity contribution < 1.29 is 27.1 Å². The normalized spacial score (nSPS) is 17.1. The van der Waals surface area contributed by atoms with Crippen molar-refractivity contribution in [1.82, 2.24) is 25.3 Å². The summed E-state index contributed by atoms with van der Waals surface area (Å²) in [4.78, 5) is 26.5. The maximum absolute atomic E-state index is 13.7. The first-order chi connectivity index (χ1) is 14.9. The van der Waals surface area contributed by atoms with Crippen molar-refractivity contribution in [3.63, 3.8) is 0 Å². The van der Waals surface area contributed by atoms with Crippen LogP contribution in [0.15, 0.2) is 24.5 Å². The number of nitrogens with one attached hydrogen (secondary N) is 3. The van der Waals surface area contributed by atoms with Gasteiger partial charge in [-0.2, -0.15) is 13.2 Å². The van der Waals surface area contributed by atoms with E-state index in [2.05, 4.69) is 35.1 Å². The number of aromatic amines is 1. The lowest BCUT2D eigenvalue weighted by Gasteiger charge is -2.24. The minimum absolute atomic E-state index is 0.0110. The van der Waals surface area contributed by atoms with Gasteiger partial charge in [0.1, 0.15) is 11.2 Å². The third kappa shape index (κ3) is 4.49. The molecule has 0 aliphatic carbocycles. The number of alkyl halides is 3. The number of hydrogen-bond donors (Lipinski definition) is 3. The van der Waals surface area contributed by atoms with Gasteiger partial charge in [0.05, 0.1) is 5.69 Å². The van der Waals surface area contributed by atoms with Crippen molar-refractivity contribution >= 4 is 31.6 Å².